The summed E-state index contributed by atoms with van der Waals surface area (Å²) in [6, 6.07) is 26.5. The van der Waals surface area contributed by atoms with Crippen molar-refractivity contribution in [1.29, 1.82) is 0 Å². The van der Waals surface area contributed by atoms with E-state index in [4.69, 9.17) is 32.7 Å². The zero-order chi connectivity index (χ0) is 27.4. The van der Waals surface area contributed by atoms with Crippen molar-refractivity contribution in [3.8, 4) is 22.6 Å². The molecule has 0 spiro atoms. The van der Waals surface area contributed by atoms with Crippen LogP contribution in [0, 0.1) is 0 Å². The van der Waals surface area contributed by atoms with E-state index in [2.05, 4.69) is 15.5 Å². The highest BCUT2D eigenvalue weighted by atomic mass is 35.5. The minimum atomic E-state index is -0.651. The molecule has 0 saturated heterocycles. The van der Waals surface area contributed by atoms with E-state index >= 15 is 0 Å². The van der Waals surface area contributed by atoms with E-state index < -0.39 is 11.9 Å². The molecular formula is C30H21Cl2N3O4. The van der Waals surface area contributed by atoms with Crippen LogP contribution < -0.4 is 14.9 Å². The van der Waals surface area contributed by atoms with Gasteiger partial charge in [0.1, 0.15) is 22.8 Å². The Hall–Kier alpha value is -4.59. The van der Waals surface area contributed by atoms with Gasteiger partial charge in [0.05, 0.1) is 23.9 Å². The van der Waals surface area contributed by atoms with Gasteiger partial charge in [-0.05, 0) is 42.0 Å². The lowest BCUT2D eigenvalue weighted by Gasteiger charge is -2.10. The number of esters is 1. The predicted molar refractivity (Wildman–Crippen MR) is 153 cm³/mol. The molecule has 0 unspecified atom stereocenters. The lowest BCUT2D eigenvalue weighted by atomic mass is 10.0. The van der Waals surface area contributed by atoms with E-state index in [1.807, 2.05) is 42.5 Å². The summed E-state index contributed by atoms with van der Waals surface area (Å²) in [7, 11) is 1.45. The number of carbonyl (C=O) groups is 2. The highest BCUT2D eigenvalue weighted by Gasteiger charge is 2.20. The molecule has 9 heteroatoms. The van der Waals surface area contributed by atoms with Crippen LogP contribution in [0.3, 0.4) is 0 Å². The molecule has 0 fully saturated rings. The summed E-state index contributed by atoms with van der Waals surface area (Å²) in [6.07, 6.45) is 1.40. The second kappa shape index (κ2) is 11.4. The van der Waals surface area contributed by atoms with Crippen molar-refractivity contribution in [1.82, 2.24) is 10.4 Å². The number of methoxy groups -OCH3 is 1. The maximum absolute atomic E-state index is 13.2. The third-order valence-corrected chi connectivity index (χ3v) is 6.50. The summed E-state index contributed by atoms with van der Waals surface area (Å²) in [5.41, 5.74) is 5.74. The molecular weight excluding hydrogens is 537 g/mol. The van der Waals surface area contributed by atoms with E-state index in [0.29, 0.717) is 38.1 Å². The van der Waals surface area contributed by atoms with Crippen LogP contribution >= 0.6 is 23.2 Å². The number of fused-ring (bicyclic) bond motifs is 1. The fraction of sp³-hybridized carbons (Fsp3) is 0.0333. The second-order valence-electron chi connectivity index (χ2n) is 8.37. The smallest absolute Gasteiger partial charge is 0.347 e. The summed E-state index contributed by atoms with van der Waals surface area (Å²) in [5, 5.41) is 5.80. The molecule has 0 atom stereocenters. The second-order valence-corrected chi connectivity index (χ2v) is 9.22. The van der Waals surface area contributed by atoms with Gasteiger partial charge < -0.3 is 14.5 Å². The third-order valence-electron chi connectivity index (χ3n) is 5.95. The molecule has 1 amide bonds. The minimum absolute atomic E-state index is 0.177. The van der Waals surface area contributed by atoms with Crippen LogP contribution in [0.25, 0.3) is 22.0 Å². The number of para-hydroxylation sites is 2. The molecule has 0 radical (unpaired) electrons. The van der Waals surface area contributed by atoms with Gasteiger partial charge in [-0.25, -0.2) is 10.2 Å². The first-order chi connectivity index (χ1) is 19.0. The third kappa shape index (κ3) is 5.50. The van der Waals surface area contributed by atoms with Crippen molar-refractivity contribution in [2.45, 2.75) is 0 Å². The molecule has 0 aliphatic rings. The van der Waals surface area contributed by atoms with E-state index in [9.17, 15) is 9.59 Å². The highest BCUT2D eigenvalue weighted by Crippen LogP contribution is 2.35. The number of aromatic amines is 1. The van der Waals surface area contributed by atoms with Gasteiger partial charge in [-0.15, -0.1) is 0 Å². The predicted octanol–water partition coefficient (Wildman–Crippen LogP) is 7.13. The first-order valence-electron chi connectivity index (χ1n) is 11.8. The number of amides is 1. The zero-order valence-electron chi connectivity index (χ0n) is 20.6. The number of hydrogen-bond donors (Lipinski definition) is 2. The van der Waals surface area contributed by atoms with Crippen LogP contribution in [0.1, 0.15) is 26.4 Å². The summed E-state index contributed by atoms with van der Waals surface area (Å²) >= 11 is 12.5. The summed E-state index contributed by atoms with van der Waals surface area (Å²) in [5.74, 6) is -0.544. The van der Waals surface area contributed by atoms with Crippen LogP contribution in [0.2, 0.25) is 10.0 Å². The van der Waals surface area contributed by atoms with Crippen molar-refractivity contribution < 1.29 is 19.1 Å². The summed E-state index contributed by atoms with van der Waals surface area (Å²) in [4.78, 5) is 29.2. The van der Waals surface area contributed by atoms with Crippen molar-refractivity contribution in [2.24, 2.45) is 5.10 Å². The molecule has 5 aromatic rings. The largest absolute Gasteiger partial charge is 0.496 e. The fourth-order valence-electron chi connectivity index (χ4n) is 4.15. The maximum Gasteiger partial charge on any atom is 0.347 e. The van der Waals surface area contributed by atoms with Gasteiger partial charge in [0.25, 0.3) is 5.91 Å². The van der Waals surface area contributed by atoms with Crippen molar-refractivity contribution in [3.63, 3.8) is 0 Å². The van der Waals surface area contributed by atoms with Crippen LogP contribution in [0.15, 0.2) is 96.1 Å². The molecule has 1 aromatic heterocycles. The Morgan fingerprint density at radius 2 is 1.67 bits per heavy atom. The normalized spacial score (nSPS) is 11.1. The highest BCUT2D eigenvalue weighted by molar-refractivity contribution is 6.36. The van der Waals surface area contributed by atoms with Crippen molar-refractivity contribution >= 4 is 52.2 Å². The van der Waals surface area contributed by atoms with E-state index in [1.54, 1.807) is 42.5 Å². The molecule has 2 N–H and O–H groups in total. The van der Waals surface area contributed by atoms with Gasteiger partial charge in [0, 0.05) is 21.5 Å². The fourth-order valence-corrected chi connectivity index (χ4v) is 4.54. The first-order valence-corrected chi connectivity index (χ1v) is 12.6. The number of halogens is 2. The Balaban J connectivity index is 1.40. The van der Waals surface area contributed by atoms with E-state index in [1.165, 1.54) is 19.4 Å². The number of carbonyl (C=O) groups excluding carboxylic acids is 2. The number of nitrogens with zero attached hydrogens (tertiary/aromatic N) is 1. The molecule has 194 valence electrons. The van der Waals surface area contributed by atoms with Crippen LogP contribution in [-0.2, 0) is 0 Å². The number of hydrazone groups is 1. The Morgan fingerprint density at radius 3 is 2.46 bits per heavy atom. The van der Waals surface area contributed by atoms with Crippen LogP contribution in [0.5, 0.6) is 11.5 Å². The lowest BCUT2D eigenvalue weighted by Crippen LogP contribution is -2.19. The molecule has 0 aliphatic carbocycles. The van der Waals surface area contributed by atoms with Gasteiger partial charge in [-0.3, -0.25) is 4.79 Å². The molecule has 1 heterocycles. The monoisotopic (exact) mass is 557 g/mol. The maximum atomic E-state index is 13.2. The van der Waals surface area contributed by atoms with Gasteiger partial charge in [0.15, 0.2) is 0 Å². The molecule has 39 heavy (non-hydrogen) atoms. The molecule has 0 bridgehead atoms. The Kier molecular flexibility index (Phi) is 7.63. The number of rotatable bonds is 7. The van der Waals surface area contributed by atoms with Gasteiger partial charge in [0.2, 0.25) is 0 Å². The van der Waals surface area contributed by atoms with E-state index in [0.717, 1.165) is 10.9 Å². The Bertz CT molecular complexity index is 1710. The van der Waals surface area contributed by atoms with Crippen molar-refractivity contribution in [2.75, 3.05) is 7.11 Å². The average molecular weight is 558 g/mol. The molecule has 5 rings (SSSR count). The van der Waals surface area contributed by atoms with Crippen molar-refractivity contribution in [3.05, 3.63) is 118 Å². The number of benzene rings is 4. The van der Waals surface area contributed by atoms with Gasteiger partial charge >= 0.3 is 5.97 Å². The average Bonchev–Trinajstić information content (AvgIpc) is 3.35. The minimum Gasteiger partial charge on any atom is -0.496 e. The Morgan fingerprint density at radius 1 is 0.897 bits per heavy atom. The number of ether oxygens (including phenoxy) is 2. The Labute approximate surface area is 234 Å². The molecule has 4 aromatic carbocycles. The quantitative estimate of drug-likeness (QED) is 0.0962. The SMILES string of the molecule is COc1ccc(Cl)cc1C(=O)Oc1ccccc1C=NNC(=O)c1[nH]c2c(Cl)cccc2c1-c1ccccc1. The van der Waals surface area contributed by atoms with E-state index in [-0.39, 0.29) is 11.3 Å². The van der Waals surface area contributed by atoms with Crippen LogP contribution in [-0.4, -0.2) is 30.2 Å². The zero-order valence-corrected chi connectivity index (χ0v) is 22.1. The molecule has 0 saturated carbocycles. The van der Waals surface area contributed by atoms with Gasteiger partial charge in [-0.1, -0.05) is 77.8 Å². The number of H-pyrrole nitrogens is 1. The number of hydrogen-bond acceptors (Lipinski definition) is 5. The summed E-state index contributed by atoms with van der Waals surface area (Å²) in [6.45, 7) is 0. The van der Waals surface area contributed by atoms with Crippen LogP contribution in [0.4, 0.5) is 0 Å². The standard InChI is InChI=1S/C30H21Cl2N3O4/c1-38-25-15-14-20(31)16-22(25)30(37)39-24-13-6-5-10-19(24)17-33-35-29(36)28-26(18-8-3-2-4-9-18)21-11-7-12-23(32)27(21)34-28/h2-17,34H,1H3,(H,35,36). The summed E-state index contributed by atoms with van der Waals surface area (Å²) < 4.78 is 10.8. The number of aromatic nitrogens is 1. The molecule has 0 aliphatic heterocycles. The first kappa shape index (κ1) is 26.0. The van der Waals surface area contributed by atoms with Gasteiger partial charge in [-0.2, -0.15) is 5.10 Å². The molecule has 7 nitrogen and oxygen atoms in total. The number of nitrogens with one attached hydrogen (secondary N) is 2. The lowest BCUT2D eigenvalue weighted by molar-refractivity contribution is 0.0730. The topological polar surface area (TPSA) is 92.8 Å².